The Morgan fingerprint density at radius 3 is 2.83 bits per heavy atom. The highest BCUT2D eigenvalue weighted by Gasteiger charge is 2.28. The third-order valence-electron chi connectivity index (χ3n) is 5.39. The topological polar surface area (TPSA) is 96.2 Å². The molecule has 1 fully saturated rings. The van der Waals surface area contributed by atoms with E-state index in [-0.39, 0.29) is 11.8 Å². The minimum absolute atomic E-state index is 0.211. The Labute approximate surface area is 179 Å². The molecule has 9 heteroatoms. The maximum atomic E-state index is 12.7. The van der Waals surface area contributed by atoms with Gasteiger partial charge in [-0.3, -0.25) is 14.5 Å². The molecule has 0 saturated carbocycles. The largest absolute Gasteiger partial charge is 0.455 e. The average molecular weight is 431 g/mol. The van der Waals surface area contributed by atoms with E-state index in [0.717, 1.165) is 74.7 Å². The van der Waals surface area contributed by atoms with Gasteiger partial charge < -0.3 is 14.5 Å². The highest BCUT2D eigenvalue weighted by Crippen LogP contribution is 2.29. The molecule has 2 aliphatic rings. The summed E-state index contributed by atoms with van der Waals surface area (Å²) in [6.07, 6.45) is 2.36. The van der Waals surface area contributed by atoms with Gasteiger partial charge in [0.15, 0.2) is 5.76 Å². The first-order valence-electron chi connectivity index (χ1n) is 10.2. The van der Waals surface area contributed by atoms with Gasteiger partial charge in [0.2, 0.25) is 0 Å². The fourth-order valence-corrected chi connectivity index (χ4v) is 4.42. The van der Waals surface area contributed by atoms with Crippen molar-refractivity contribution in [2.75, 3.05) is 39.4 Å². The van der Waals surface area contributed by atoms with E-state index in [9.17, 15) is 9.59 Å². The van der Waals surface area contributed by atoms with E-state index in [1.165, 1.54) is 11.3 Å². The summed E-state index contributed by atoms with van der Waals surface area (Å²) in [5, 5.41) is 9.16. The van der Waals surface area contributed by atoms with E-state index in [1.54, 1.807) is 6.07 Å². The molecule has 1 saturated heterocycles. The molecular formula is C21H26N4O4S. The van der Waals surface area contributed by atoms with Crippen LogP contribution in [-0.2, 0) is 11.2 Å². The number of carbonyl (C=O) groups excluding carboxylic acids is 2. The molecule has 0 unspecified atom stereocenters. The summed E-state index contributed by atoms with van der Waals surface area (Å²) in [6.45, 7) is 6.48. The van der Waals surface area contributed by atoms with Crippen LogP contribution in [-0.4, -0.2) is 61.8 Å². The highest BCUT2D eigenvalue weighted by atomic mass is 32.1. The number of fused-ring (bicyclic) bond motifs is 1. The first-order valence-corrected chi connectivity index (χ1v) is 11.1. The van der Waals surface area contributed by atoms with Crippen LogP contribution in [0.5, 0.6) is 0 Å². The average Bonchev–Trinajstić information content (AvgIpc) is 3.42. The van der Waals surface area contributed by atoms with Crippen molar-refractivity contribution in [1.82, 2.24) is 15.6 Å². The standard InChI is InChI=1S/C21H26N4O4S/c1-14-18-15(23-24-20(26)17-6-3-13-30-17)4-2-5-16(18)29-19(14)21(27)22-7-8-25-9-11-28-12-10-25/h3,6,13H,2,4-5,7-12H2,1H3,(H,22,27)(H,24,26)/b23-15+. The molecule has 0 aromatic carbocycles. The lowest BCUT2D eigenvalue weighted by atomic mass is 9.93. The minimum Gasteiger partial charge on any atom is -0.455 e. The number of furan rings is 1. The fraction of sp³-hybridized carbons (Fsp3) is 0.476. The Bertz CT molecular complexity index is 929. The fourth-order valence-electron chi connectivity index (χ4n) is 3.81. The summed E-state index contributed by atoms with van der Waals surface area (Å²) in [5.41, 5.74) is 5.02. The summed E-state index contributed by atoms with van der Waals surface area (Å²) < 4.78 is 11.3. The zero-order chi connectivity index (χ0) is 20.9. The zero-order valence-electron chi connectivity index (χ0n) is 17.0. The van der Waals surface area contributed by atoms with Gasteiger partial charge in [-0.25, -0.2) is 5.43 Å². The van der Waals surface area contributed by atoms with Crippen LogP contribution in [0.1, 0.15) is 50.0 Å². The number of nitrogens with one attached hydrogen (secondary N) is 2. The molecule has 2 aromatic rings. The number of ether oxygens (including phenoxy) is 1. The van der Waals surface area contributed by atoms with Gasteiger partial charge in [0.1, 0.15) is 5.76 Å². The second-order valence-electron chi connectivity index (χ2n) is 7.39. The number of rotatable bonds is 6. The maximum absolute atomic E-state index is 12.7. The van der Waals surface area contributed by atoms with Crippen LogP contribution < -0.4 is 10.7 Å². The summed E-state index contributed by atoms with van der Waals surface area (Å²) in [7, 11) is 0. The van der Waals surface area contributed by atoms with Gasteiger partial charge in [-0.2, -0.15) is 5.10 Å². The van der Waals surface area contributed by atoms with E-state index < -0.39 is 0 Å². The minimum atomic E-state index is -0.230. The van der Waals surface area contributed by atoms with E-state index in [2.05, 4.69) is 20.7 Å². The molecule has 1 aliphatic heterocycles. The Kier molecular flexibility index (Phi) is 6.61. The van der Waals surface area contributed by atoms with Crippen molar-refractivity contribution in [3.63, 3.8) is 0 Å². The first kappa shape index (κ1) is 20.8. The number of carbonyl (C=O) groups is 2. The molecule has 0 spiro atoms. The zero-order valence-corrected chi connectivity index (χ0v) is 17.8. The molecule has 160 valence electrons. The van der Waals surface area contributed by atoms with Crippen molar-refractivity contribution < 1.29 is 18.7 Å². The van der Waals surface area contributed by atoms with E-state index in [4.69, 9.17) is 9.15 Å². The predicted molar refractivity (Wildman–Crippen MR) is 114 cm³/mol. The lowest BCUT2D eigenvalue weighted by Crippen LogP contribution is -2.41. The van der Waals surface area contributed by atoms with Crippen LogP contribution in [0, 0.1) is 6.92 Å². The monoisotopic (exact) mass is 430 g/mol. The summed E-state index contributed by atoms with van der Waals surface area (Å²) in [5.74, 6) is 0.659. The van der Waals surface area contributed by atoms with Crippen LogP contribution >= 0.6 is 11.3 Å². The van der Waals surface area contributed by atoms with Gasteiger partial charge >= 0.3 is 0 Å². The van der Waals surface area contributed by atoms with Gasteiger partial charge in [0.05, 0.1) is 23.8 Å². The van der Waals surface area contributed by atoms with Crippen molar-refractivity contribution in [2.24, 2.45) is 5.10 Å². The van der Waals surface area contributed by atoms with E-state index >= 15 is 0 Å². The first-order chi connectivity index (χ1) is 14.6. The van der Waals surface area contributed by atoms with Crippen LogP contribution in [0.15, 0.2) is 27.0 Å². The number of thiophene rings is 1. The molecular weight excluding hydrogens is 404 g/mol. The summed E-state index contributed by atoms with van der Waals surface area (Å²) in [6, 6.07) is 3.59. The number of amides is 2. The Morgan fingerprint density at radius 2 is 2.07 bits per heavy atom. The van der Waals surface area contributed by atoms with Crippen molar-refractivity contribution in [2.45, 2.75) is 26.2 Å². The third kappa shape index (κ3) is 4.63. The molecule has 8 nitrogen and oxygen atoms in total. The van der Waals surface area contributed by atoms with Crippen LogP contribution in [0.25, 0.3) is 0 Å². The molecule has 30 heavy (non-hydrogen) atoms. The quantitative estimate of drug-likeness (QED) is 0.685. The van der Waals surface area contributed by atoms with Gasteiger partial charge in [-0.15, -0.1) is 11.3 Å². The van der Waals surface area contributed by atoms with Crippen molar-refractivity contribution in [3.05, 3.63) is 45.0 Å². The van der Waals surface area contributed by atoms with Gasteiger partial charge in [-0.05, 0) is 31.2 Å². The Hall–Kier alpha value is -2.49. The smallest absolute Gasteiger partial charge is 0.287 e. The van der Waals surface area contributed by atoms with Crippen molar-refractivity contribution >= 4 is 28.9 Å². The van der Waals surface area contributed by atoms with Gasteiger partial charge in [0.25, 0.3) is 11.8 Å². The number of aryl methyl sites for hydroxylation is 1. The number of nitrogens with zero attached hydrogens (tertiary/aromatic N) is 2. The number of morpholine rings is 1. The molecule has 0 atom stereocenters. The van der Waals surface area contributed by atoms with E-state index in [1.807, 2.05) is 18.4 Å². The summed E-state index contributed by atoms with van der Waals surface area (Å²) in [4.78, 5) is 27.8. The molecule has 2 N–H and O–H groups in total. The number of hydrogen-bond acceptors (Lipinski definition) is 7. The Morgan fingerprint density at radius 1 is 1.23 bits per heavy atom. The number of hydrogen-bond donors (Lipinski definition) is 2. The molecule has 3 heterocycles. The van der Waals surface area contributed by atoms with Crippen LogP contribution in [0.2, 0.25) is 0 Å². The van der Waals surface area contributed by atoms with Crippen molar-refractivity contribution in [3.8, 4) is 0 Å². The highest BCUT2D eigenvalue weighted by molar-refractivity contribution is 7.12. The molecule has 2 aromatic heterocycles. The summed E-state index contributed by atoms with van der Waals surface area (Å²) >= 11 is 1.37. The number of hydrazone groups is 1. The third-order valence-corrected chi connectivity index (χ3v) is 6.26. The van der Waals surface area contributed by atoms with Gasteiger partial charge in [-0.1, -0.05) is 6.07 Å². The second kappa shape index (κ2) is 9.55. The molecule has 1 aliphatic carbocycles. The van der Waals surface area contributed by atoms with E-state index in [0.29, 0.717) is 17.2 Å². The second-order valence-corrected chi connectivity index (χ2v) is 8.34. The maximum Gasteiger partial charge on any atom is 0.287 e. The molecule has 2 amide bonds. The lowest BCUT2D eigenvalue weighted by Gasteiger charge is -2.26. The normalized spacial score (nSPS) is 18.2. The van der Waals surface area contributed by atoms with Crippen LogP contribution in [0.4, 0.5) is 0 Å². The van der Waals surface area contributed by atoms with Crippen molar-refractivity contribution in [1.29, 1.82) is 0 Å². The SMILES string of the molecule is Cc1c(C(=O)NCCN2CCOCC2)oc2c1/C(=N/NC(=O)c1cccs1)CCC2. The molecule has 0 bridgehead atoms. The predicted octanol–water partition coefficient (Wildman–Crippen LogP) is 2.18. The Balaban J connectivity index is 1.42. The van der Waals surface area contributed by atoms with Gasteiger partial charge in [0, 0.05) is 43.7 Å². The molecule has 4 rings (SSSR count). The lowest BCUT2D eigenvalue weighted by molar-refractivity contribution is 0.0382. The molecule has 0 radical (unpaired) electrons. The van der Waals surface area contributed by atoms with Crippen LogP contribution in [0.3, 0.4) is 0 Å².